The molecular formula is C26H31FO3. The highest BCUT2D eigenvalue weighted by Crippen LogP contribution is 2.60. The molecule has 0 aliphatic heterocycles. The van der Waals surface area contributed by atoms with E-state index in [9.17, 15) is 9.18 Å². The molecule has 2 aliphatic rings. The molecule has 2 aromatic carbocycles. The van der Waals surface area contributed by atoms with Crippen molar-refractivity contribution in [2.75, 3.05) is 7.11 Å². The number of carbonyl (C=O) groups excluding carboxylic acids is 1. The third-order valence-electron chi connectivity index (χ3n) is 7.20. The Balaban J connectivity index is 1.43. The van der Waals surface area contributed by atoms with Crippen molar-refractivity contribution < 1.29 is 18.7 Å². The molecule has 30 heavy (non-hydrogen) atoms. The van der Waals surface area contributed by atoms with E-state index < -0.39 is 0 Å². The highest BCUT2D eigenvalue weighted by molar-refractivity contribution is 5.69. The molecular weight excluding hydrogens is 379 g/mol. The summed E-state index contributed by atoms with van der Waals surface area (Å²) in [6.45, 7) is 2.49. The summed E-state index contributed by atoms with van der Waals surface area (Å²) in [5.74, 6) is -0.350. The second kappa shape index (κ2) is 8.50. The van der Waals surface area contributed by atoms with Crippen molar-refractivity contribution in [1.82, 2.24) is 0 Å². The largest absolute Gasteiger partial charge is 0.469 e. The molecule has 0 spiro atoms. The van der Waals surface area contributed by atoms with Gasteiger partial charge < -0.3 is 9.47 Å². The average molecular weight is 411 g/mol. The smallest absolute Gasteiger partial charge is 0.305 e. The van der Waals surface area contributed by atoms with Gasteiger partial charge in [0.25, 0.3) is 0 Å². The van der Waals surface area contributed by atoms with Crippen LogP contribution in [0, 0.1) is 18.2 Å². The van der Waals surface area contributed by atoms with Gasteiger partial charge >= 0.3 is 5.97 Å². The SMILES string of the molecule is COC(=O)CCCC12CCC(OCc3cc(F)ccc3-c3ccc(C)cc3)(CC1)C2. The van der Waals surface area contributed by atoms with Crippen molar-refractivity contribution in [1.29, 1.82) is 0 Å². The molecule has 0 N–H and O–H groups in total. The van der Waals surface area contributed by atoms with Crippen LogP contribution >= 0.6 is 0 Å². The topological polar surface area (TPSA) is 35.5 Å². The third-order valence-corrected chi connectivity index (χ3v) is 7.20. The van der Waals surface area contributed by atoms with Crippen molar-refractivity contribution in [2.24, 2.45) is 5.41 Å². The van der Waals surface area contributed by atoms with Gasteiger partial charge in [0.15, 0.2) is 0 Å². The highest BCUT2D eigenvalue weighted by Gasteiger charge is 2.54. The number of aryl methyl sites for hydroxylation is 1. The lowest BCUT2D eigenvalue weighted by Crippen LogP contribution is -2.26. The number of hydrogen-bond acceptors (Lipinski definition) is 3. The maximum Gasteiger partial charge on any atom is 0.305 e. The Labute approximate surface area is 178 Å². The van der Waals surface area contributed by atoms with E-state index in [1.807, 2.05) is 6.07 Å². The number of hydrogen-bond donors (Lipinski definition) is 0. The lowest BCUT2D eigenvalue weighted by Gasteiger charge is -2.28. The predicted molar refractivity (Wildman–Crippen MR) is 115 cm³/mol. The van der Waals surface area contributed by atoms with Crippen molar-refractivity contribution >= 4 is 5.97 Å². The summed E-state index contributed by atoms with van der Waals surface area (Å²) >= 11 is 0. The van der Waals surface area contributed by atoms with Crippen LogP contribution < -0.4 is 0 Å². The zero-order valence-corrected chi connectivity index (χ0v) is 18.0. The van der Waals surface area contributed by atoms with Gasteiger partial charge in [-0.05, 0) is 86.1 Å². The van der Waals surface area contributed by atoms with Gasteiger partial charge in [0.1, 0.15) is 5.82 Å². The summed E-state index contributed by atoms with van der Waals surface area (Å²) < 4.78 is 25.3. The molecule has 160 valence electrons. The summed E-state index contributed by atoms with van der Waals surface area (Å²) in [5, 5.41) is 0. The summed E-state index contributed by atoms with van der Waals surface area (Å²) in [6.07, 6.45) is 7.91. The van der Waals surface area contributed by atoms with Gasteiger partial charge in [-0.1, -0.05) is 35.9 Å². The first-order chi connectivity index (χ1) is 14.4. The molecule has 4 heteroatoms. The van der Waals surface area contributed by atoms with E-state index in [-0.39, 0.29) is 17.4 Å². The fourth-order valence-corrected chi connectivity index (χ4v) is 5.44. The molecule has 3 nitrogen and oxygen atoms in total. The Bertz CT molecular complexity index is 895. The molecule has 2 fully saturated rings. The minimum atomic E-state index is -0.225. The Kier molecular flexibility index (Phi) is 5.97. The first-order valence-electron chi connectivity index (χ1n) is 11.0. The van der Waals surface area contributed by atoms with Crippen LogP contribution in [0.3, 0.4) is 0 Å². The molecule has 0 radical (unpaired) electrons. The molecule has 2 aromatic rings. The summed E-state index contributed by atoms with van der Waals surface area (Å²) in [7, 11) is 1.45. The Hall–Kier alpha value is -2.20. The van der Waals surface area contributed by atoms with Crippen LogP contribution in [-0.2, 0) is 20.9 Å². The van der Waals surface area contributed by atoms with E-state index in [2.05, 4.69) is 31.2 Å². The summed E-state index contributed by atoms with van der Waals surface area (Å²) in [6, 6.07) is 13.3. The minimum Gasteiger partial charge on any atom is -0.469 e. The molecule has 0 unspecified atom stereocenters. The molecule has 0 amide bonds. The van der Waals surface area contributed by atoms with E-state index in [1.165, 1.54) is 18.7 Å². The number of ether oxygens (including phenoxy) is 2. The number of carbonyl (C=O) groups is 1. The van der Waals surface area contributed by atoms with Crippen LogP contribution in [0.5, 0.6) is 0 Å². The molecule has 2 aliphatic carbocycles. The number of halogens is 1. The number of benzene rings is 2. The van der Waals surface area contributed by atoms with Crippen LogP contribution in [-0.4, -0.2) is 18.7 Å². The van der Waals surface area contributed by atoms with Crippen LogP contribution in [0.25, 0.3) is 11.1 Å². The predicted octanol–water partition coefficient (Wildman–Crippen LogP) is 6.36. The fraction of sp³-hybridized carbons (Fsp3) is 0.500. The quantitative estimate of drug-likeness (QED) is 0.475. The van der Waals surface area contributed by atoms with E-state index in [0.29, 0.717) is 18.4 Å². The van der Waals surface area contributed by atoms with Gasteiger partial charge in [0.05, 0.1) is 19.3 Å². The van der Waals surface area contributed by atoms with Gasteiger partial charge in [-0.25, -0.2) is 4.39 Å². The number of fused-ring (bicyclic) bond motifs is 2. The van der Waals surface area contributed by atoms with Gasteiger partial charge in [-0.2, -0.15) is 0 Å². The first-order valence-corrected chi connectivity index (χ1v) is 11.0. The summed E-state index contributed by atoms with van der Waals surface area (Å²) in [4.78, 5) is 11.4. The van der Waals surface area contributed by atoms with Gasteiger partial charge in [0, 0.05) is 6.42 Å². The zero-order valence-electron chi connectivity index (χ0n) is 18.0. The van der Waals surface area contributed by atoms with Gasteiger partial charge in [-0.3, -0.25) is 4.79 Å². The van der Waals surface area contributed by atoms with Crippen molar-refractivity contribution in [2.45, 2.75) is 70.5 Å². The second-order valence-electron chi connectivity index (χ2n) is 9.25. The molecule has 2 bridgehead atoms. The fourth-order valence-electron chi connectivity index (χ4n) is 5.44. The summed E-state index contributed by atoms with van der Waals surface area (Å²) in [5.41, 5.74) is 4.44. The lowest BCUT2D eigenvalue weighted by molar-refractivity contribution is -0.140. The minimum absolute atomic E-state index is 0.0951. The number of methoxy groups -OCH3 is 1. The standard InChI is InChI=1S/C26H31FO3/c1-19-5-7-20(8-6-19)23-10-9-22(27)16-21(23)17-30-26-14-12-25(18-26,13-15-26)11-3-4-24(28)29-2/h5-10,16H,3-4,11-15,17-18H2,1-2H3. The van der Waals surface area contributed by atoms with E-state index in [0.717, 1.165) is 61.6 Å². The maximum absolute atomic E-state index is 14.0. The number of esters is 1. The van der Waals surface area contributed by atoms with Crippen molar-refractivity contribution in [3.63, 3.8) is 0 Å². The molecule has 4 rings (SSSR count). The van der Waals surface area contributed by atoms with E-state index in [1.54, 1.807) is 6.07 Å². The Morgan fingerprint density at radius 1 is 1.07 bits per heavy atom. The molecule has 0 aromatic heterocycles. The van der Waals surface area contributed by atoms with Crippen LogP contribution in [0.1, 0.15) is 62.5 Å². The lowest BCUT2D eigenvalue weighted by atomic mass is 9.80. The molecule has 0 saturated heterocycles. The second-order valence-corrected chi connectivity index (χ2v) is 9.25. The van der Waals surface area contributed by atoms with Crippen LogP contribution in [0.2, 0.25) is 0 Å². The van der Waals surface area contributed by atoms with Gasteiger partial charge in [-0.15, -0.1) is 0 Å². The maximum atomic E-state index is 14.0. The molecule has 0 heterocycles. The van der Waals surface area contributed by atoms with Crippen molar-refractivity contribution in [3.8, 4) is 11.1 Å². The van der Waals surface area contributed by atoms with Crippen LogP contribution in [0.15, 0.2) is 42.5 Å². The third kappa shape index (κ3) is 4.44. The molecule has 0 atom stereocenters. The monoisotopic (exact) mass is 410 g/mol. The van der Waals surface area contributed by atoms with E-state index >= 15 is 0 Å². The average Bonchev–Trinajstić information content (AvgIpc) is 3.29. The van der Waals surface area contributed by atoms with Crippen LogP contribution in [0.4, 0.5) is 4.39 Å². The first kappa shape index (κ1) is 21.0. The van der Waals surface area contributed by atoms with Crippen molar-refractivity contribution in [3.05, 3.63) is 59.4 Å². The zero-order chi connectivity index (χ0) is 21.2. The number of rotatable bonds is 8. The highest BCUT2D eigenvalue weighted by atomic mass is 19.1. The molecule has 2 saturated carbocycles. The van der Waals surface area contributed by atoms with E-state index in [4.69, 9.17) is 9.47 Å². The normalized spacial score (nSPS) is 24.9. The Morgan fingerprint density at radius 3 is 2.50 bits per heavy atom. The van der Waals surface area contributed by atoms with Gasteiger partial charge in [0.2, 0.25) is 0 Å². The Morgan fingerprint density at radius 2 is 1.80 bits per heavy atom.